The number of pyridine rings is 1. The van der Waals surface area contributed by atoms with Crippen LogP contribution in [-0.2, 0) is 4.79 Å². The van der Waals surface area contributed by atoms with Gasteiger partial charge in [-0.05, 0) is 60.2 Å². The van der Waals surface area contributed by atoms with E-state index in [-0.39, 0.29) is 15.8 Å². The van der Waals surface area contributed by atoms with Crippen molar-refractivity contribution in [1.82, 2.24) is 9.55 Å². The number of thiazole rings is 1. The van der Waals surface area contributed by atoms with E-state index in [4.69, 9.17) is 4.74 Å². The Balaban J connectivity index is 1.90. The maximum atomic E-state index is 13.3. The highest BCUT2D eigenvalue weighted by Gasteiger charge is 2.17. The predicted molar refractivity (Wildman–Crippen MR) is 128 cm³/mol. The maximum absolute atomic E-state index is 13.3. The lowest BCUT2D eigenvalue weighted by atomic mass is 10.2. The smallest absolute Gasteiger partial charge is 0.273 e. The summed E-state index contributed by atoms with van der Waals surface area (Å²) < 4.78 is 7.16. The van der Waals surface area contributed by atoms with Crippen LogP contribution in [0.5, 0.6) is 5.75 Å². The molecule has 4 rings (SSSR count). The molecule has 0 bridgehead atoms. The third-order valence-electron chi connectivity index (χ3n) is 4.74. The van der Waals surface area contributed by atoms with Crippen molar-refractivity contribution in [3.05, 3.63) is 104 Å². The van der Waals surface area contributed by atoms with Crippen LogP contribution in [0.25, 0.3) is 17.3 Å². The number of nitrogens with one attached hydrogen (secondary N) is 1. The number of carbonyl (C=O) groups is 1. The van der Waals surface area contributed by atoms with Crippen LogP contribution in [0.3, 0.4) is 0 Å². The summed E-state index contributed by atoms with van der Waals surface area (Å²) >= 11 is 1.09. The molecule has 0 unspecified atom stereocenters. The number of benzene rings is 2. The van der Waals surface area contributed by atoms with Gasteiger partial charge in [-0.1, -0.05) is 18.2 Å². The molecule has 0 saturated heterocycles. The minimum Gasteiger partial charge on any atom is -0.497 e. The first-order valence-electron chi connectivity index (χ1n) is 9.89. The van der Waals surface area contributed by atoms with Crippen LogP contribution in [0.4, 0.5) is 5.69 Å². The van der Waals surface area contributed by atoms with Gasteiger partial charge in [0.1, 0.15) is 16.5 Å². The van der Waals surface area contributed by atoms with Crippen LogP contribution < -0.4 is 24.8 Å². The van der Waals surface area contributed by atoms with Crippen molar-refractivity contribution in [2.24, 2.45) is 0 Å². The molecule has 2 aromatic heterocycles. The first-order chi connectivity index (χ1) is 16.1. The molecule has 4 aromatic rings. The van der Waals surface area contributed by atoms with E-state index in [1.165, 1.54) is 4.57 Å². The normalized spacial score (nSPS) is 12.1. The number of amides is 1. The van der Waals surface area contributed by atoms with E-state index in [1.807, 2.05) is 12.1 Å². The monoisotopic (exact) mass is 454 g/mol. The van der Waals surface area contributed by atoms with Gasteiger partial charge in [0.15, 0.2) is 5.57 Å². The number of nitrogens with zero attached hydrogens (tertiary/aromatic N) is 3. The van der Waals surface area contributed by atoms with Crippen LogP contribution >= 0.6 is 11.3 Å². The highest BCUT2D eigenvalue weighted by atomic mass is 32.1. The van der Waals surface area contributed by atoms with Gasteiger partial charge >= 0.3 is 0 Å². The van der Waals surface area contributed by atoms with Crippen LogP contribution in [0, 0.1) is 11.3 Å². The molecule has 7 nitrogen and oxygen atoms in total. The third-order valence-corrected chi connectivity index (χ3v) is 5.83. The number of nitriles is 1. The fourth-order valence-corrected chi connectivity index (χ4v) is 4.24. The van der Waals surface area contributed by atoms with E-state index < -0.39 is 5.91 Å². The van der Waals surface area contributed by atoms with Gasteiger partial charge in [0.05, 0.1) is 17.3 Å². The lowest BCUT2D eigenvalue weighted by molar-refractivity contribution is -0.111. The predicted octanol–water partition coefficient (Wildman–Crippen LogP) is 2.44. The van der Waals surface area contributed by atoms with E-state index in [0.29, 0.717) is 21.7 Å². The fourth-order valence-electron chi connectivity index (χ4n) is 3.14. The number of hydrogen-bond donors (Lipinski definition) is 1. The van der Waals surface area contributed by atoms with E-state index in [9.17, 15) is 14.9 Å². The molecule has 33 heavy (non-hydrogen) atoms. The molecule has 0 aliphatic heterocycles. The molecule has 8 heteroatoms. The largest absolute Gasteiger partial charge is 0.497 e. The molecule has 0 fully saturated rings. The summed E-state index contributed by atoms with van der Waals surface area (Å²) in [6.45, 7) is 0. The maximum Gasteiger partial charge on any atom is 0.273 e. The van der Waals surface area contributed by atoms with Crippen LogP contribution in [0.15, 0.2) is 83.9 Å². The van der Waals surface area contributed by atoms with E-state index in [2.05, 4.69) is 10.3 Å². The van der Waals surface area contributed by atoms with Crippen molar-refractivity contribution in [2.75, 3.05) is 12.4 Å². The average Bonchev–Trinajstić information content (AvgIpc) is 3.16. The quantitative estimate of drug-likeness (QED) is 0.500. The Morgan fingerprint density at radius 3 is 2.42 bits per heavy atom. The van der Waals surface area contributed by atoms with Gasteiger partial charge < -0.3 is 10.1 Å². The number of rotatable bonds is 5. The lowest BCUT2D eigenvalue weighted by Gasteiger charge is -2.06. The number of para-hydroxylation sites is 1. The van der Waals surface area contributed by atoms with Crippen LogP contribution in [0.1, 0.15) is 5.56 Å². The molecule has 0 spiro atoms. The summed E-state index contributed by atoms with van der Waals surface area (Å²) in [6.07, 6.45) is 4.98. The van der Waals surface area contributed by atoms with Crippen LogP contribution in [0.2, 0.25) is 0 Å². The second-order valence-electron chi connectivity index (χ2n) is 6.84. The molecule has 2 aromatic carbocycles. The van der Waals surface area contributed by atoms with Crippen molar-refractivity contribution in [3.8, 4) is 17.5 Å². The zero-order chi connectivity index (χ0) is 23.2. The summed E-state index contributed by atoms with van der Waals surface area (Å²) in [6, 6.07) is 21.2. The summed E-state index contributed by atoms with van der Waals surface area (Å²) in [5, 5.41) is 12.6. The minimum atomic E-state index is -0.607. The highest BCUT2D eigenvalue weighted by Crippen LogP contribution is 2.15. The van der Waals surface area contributed by atoms with Crippen molar-refractivity contribution in [1.29, 1.82) is 5.26 Å². The van der Waals surface area contributed by atoms with Gasteiger partial charge in [-0.25, -0.2) is 0 Å². The number of carbonyl (C=O) groups excluding carboxylic acids is 1. The summed E-state index contributed by atoms with van der Waals surface area (Å²) in [5.74, 6) is 0.0361. The number of ether oxygens (including phenoxy) is 1. The van der Waals surface area contributed by atoms with Crippen LogP contribution in [-0.4, -0.2) is 22.6 Å². The molecule has 0 saturated carbocycles. The first-order valence-corrected chi connectivity index (χ1v) is 10.7. The molecular formula is C25H18N4O3S. The molecule has 0 atom stereocenters. The fraction of sp³-hybridized carbons (Fsp3) is 0.0400. The molecule has 162 valence electrons. The molecule has 1 amide bonds. The Morgan fingerprint density at radius 2 is 1.79 bits per heavy atom. The Hall–Kier alpha value is -4.48. The van der Waals surface area contributed by atoms with Crippen molar-refractivity contribution in [2.45, 2.75) is 0 Å². The third kappa shape index (κ3) is 4.74. The SMILES string of the molecule is COc1ccc(NC(=O)C(C#N)=c2sc(=Cc3ccncc3)c(=O)n2-c2ccccc2)cc1. The van der Waals surface area contributed by atoms with E-state index in [1.54, 1.807) is 86.2 Å². The van der Waals surface area contributed by atoms with Gasteiger partial charge in [0.25, 0.3) is 11.5 Å². The summed E-state index contributed by atoms with van der Waals surface area (Å²) in [7, 11) is 1.55. The molecule has 0 aliphatic carbocycles. The Kier molecular flexibility index (Phi) is 6.43. The summed E-state index contributed by atoms with van der Waals surface area (Å²) in [5.41, 5.74) is 1.38. The molecular weight excluding hydrogens is 436 g/mol. The minimum absolute atomic E-state index is 0.161. The molecule has 0 radical (unpaired) electrons. The highest BCUT2D eigenvalue weighted by molar-refractivity contribution is 7.07. The standard InChI is InChI=1S/C25H18N4O3S/c1-32-20-9-7-18(8-10-20)28-23(30)21(16-26)25-29(19-5-3-2-4-6-19)24(31)22(33-25)15-17-11-13-27-14-12-17/h2-15H,1H3,(H,28,30). The topological polar surface area (TPSA) is 97.0 Å². The number of aromatic nitrogens is 2. The second-order valence-corrected chi connectivity index (χ2v) is 7.87. The van der Waals surface area contributed by atoms with E-state index >= 15 is 0 Å². The van der Waals surface area contributed by atoms with Crippen molar-refractivity contribution in [3.63, 3.8) is 0 Å². The number of hydrogen-bond acceptors (Lipinski definition) is 6. The summed E-state index contributed by atoms with van der Waals surface area (Å²) in [4.78, 5) is 30.3. The van der Waals surface area contributed by atoms with Crippen molar-refractivity contribution < 1.29 is 9.53 Å². The zero-order valence-corrected chi connectivity index (χ0v) is 18.4. The van der Waals surface area contributed by atoms with Gasteiger partial charge in [0, 0.05) is 18.1 Å². The van der Waals surface area contributed by atoms with E-state index in [0.717, 1.165) is 16.9 Å². The molecule has 1 N–H and O–H groups in total. The average molecular weight is 455 g/mol. The first kappa shape index (κ1) is 21.7. The Morgan fingerprint density at radius 1 is 1.09 bits per heavy atom. The van der Waals surface area contributed by atoms with Crippen molar-refractivity contribution >= 4 is 34.6 Å². The number of methoxy groups -OCH3 is 1. The Labute approximate surface area is 193 Å². The second kappa shape index (κ2) is 9.77. The molecule has 0 aliphatic rings. The lowest BCUT2D eigenvalue weighted by Crippen LogP contribution is -2.32. The van der Waals surface area contributed by atoms with Gasteiger partial charge in [-0.3, -0.25) is 19.1 Å². The van der Waals surface area contributed by atoms with Gasteiger partial charge in [0.2, 0.25) is 0 Å². The molecule has 2 heterocycles. The van der Waals surface area contributed by atoms with Gasteiger partial charge in [-0.2, -0.15) is 5.26 Å². The Bertz CT molecular complexity index is 1500. The number of anilines is 1. The zero-order valence-electron chi connectivity index (χ0n) is 17.6. The van der Waals surface area contributed by atoms with Gasteiger partial charge in [-0.15, -0.1) is 11.3 Å².